The number of fused-ring (bicyclic) bond motifs is 1. The average molecular weight is 332 g/mol. The number of nitrogens with one attached hydrogen (secondary N) is 1. The van der Waals surface area contributed by atoms with Gasteiger partial charge in [0.15, 0.2) is 0 Å². The van der Waals surface area contributed by atoms with Gasteiger partial charge in [0.1, 0.15) is 5.75 Å². The zero-order valence-corrected chi connectivity index (χ0v) is 13.2. The summed E-state index contributed by atoms with van der Waals surface area (Å²) in [6, 6.07) is 14.2. The molecular formula is C18H18F2N2O2. The molecule has 1 aliphatic heterocycles. The Labute approximate surface area is 139 Å². The molecule has 0 fully saturated rings. The van der Waals surface area contributed by atoms with Gasteiger partial charge in [-0.1, -0.05) is 18.2 Å². The molecule has 0 unspecified atom stereocenters. The highest BCUT2D eigenvalue weighted by Crippen LogP contribution is 2.31. The van der Waals surface area contributed by atoms with Gasteiger partial charge in [-0.3, -0.25) is 4.79 Å². The van der Waals surface area contributed by atoms with Gasteiger partial charge in [0.05, 0.1) is 6.54 Å². The van der Waals surface area contributed by atoms with Crippen molar-refractivity contribution in [3.8, 4) is 5.75 Å². The molecule has 1 heterocycles. The van der Waals surface area contributed by atoms with E-state index in [4.69, 9.17) is 0 Å². The lowest BCUT2D eigenvalue weighted by Crippen LogP contribution is -2.37. The summed E-state index contributed by atoms with van der Waals surface area (Å²) in [6.45, 7) is -0.529. The van der Waals surface area contributed by atoms with E-state index in [1.54, 1.807) is 0 Å². The highest BCUT2D eigenvalue weighted by molar-refractivity contribution is 5.94. The van der Waals surface area contributed by atoms with Crippen LogP contribution < -0.4 is 15.0 Å². The van der Waals surface area contributed by atoms with E-state index >= 15 is 0 Å². The smallest absolute Gasteiger partial charge is 0.387 e. The second-order valence-corrected chi connectivity index (χ2v) is 5.76. The van der Waals surface area contributed by atoms with E-state index in [2.05, 4.69) is 27.9 Å². The van der Waals surface area contributed by atoms with Gasteiger partial charge in [0.25, 0.3) is 0 Å². The van der Waals surface area contributed by atoms with Gasteiger partial charge < -0.3 is 15.0 Å². The summed E-state index contributed by atoms with van der Waals surface area (Å²) in [7, 11) is 0. The van der Waals surface area contributed by atoms with Crippen LogP contribution in [0.3, 0.4) is 0 Å². The number of hydrogen-bond donors (Lipinski definition) is 1. The van der Waals surface area contributed by atoms with Gasteiger partial charge in [-0.25, -0.2) is 0 Å². The Morgan fingerprint density at radius 3 is 2.67 bits per heavy atom. The Bertz CT molecular complexity index is 719. The number of anilines is 2. The van der Waals surface area contributed by atoms with Crippen LogP contribution in [-0.2, 0) is 11.2 Å². The molecule has 0 spiro atoms. The predicted octanol–water partition coefficient (Wildman–Crippen LogP) is 3.68. The first kappa shape index (κ1) is 16.2. The molecule has 0 saturated heterocycles. The molecule has 6 heteroatoms. The van der Waals surface area contributed by atoms with Crippen LogP contribution in [0.5, 0.6) is 5.75 Å². The first-order valence-corrected chi connectivity index (χ1v) is 7.72. The van der Waals surface area contributed by atoms with Gasteiger partial charge >= 0.3 is 6.61 Å². The van der Waals surface area contributed by atoms with Crippen molar-refractivity contribution >= 4 is 17.3 Å². The van der Waals surface area contributed by atoms with E-state index in [0.717, 1.165) is 12.1 Å². The van der Waals surface area contributed by atoms with Gasteiger partial charge in [-0.2, -0.15) is 8.78 Å². The van der Waals surface area contributed by atoms with Crippen LogP contribution in [0.25, 0.3) is 0 Å². The van der Waals surface area contributed by atoms with E-state index in [-0.39, 0.29) is 24.2 Å². The number of halogens is 2. The fourth-order valence-corrected chi connectivity index (χ4v) is 2.95. The van der Waals surface area contributed by atoms with Crippen molar-refractivity contribution in [2.45, 2.75) is 26.0 Å². The molecular weight excluding hydrogens is 314 g/mol. The van der Waals surface area contributed by atoms with Crippen LogP contribution in [0.1, 0.15) is 12.5 Å². The van der Waals surface area contributed by atoms with Crippen LogP contribution in [0.15, 0.2) is 48.5 Å². The molecule has 1 N–H and O–H groups in total. The quantitative estimate of drug-likeness (QED) is 0.908. The molecule has 0 aromatic heterocycles. The number of rotatable bonds is 5. The predicted molar refractivity (Wildman–Crippen MR) is 88.7 cm³/mol. The summed E-state index contributed by atoms with van der Waals surface area (Å²) in [4.78, 5) is 14.4. The molecule has 0 saturated carbocycles. The summed E-state index contributed by atoms with van der Waals surface area (Å²) in [5.41, 5.74) is 2.87. The minimum atomic E-state index is -2.86. The number of alkyl halides is 2. The average Bonchev–Trinajstić information content (AvgIpc) is 2.85. The number of benzene rings is 2. The van der Waals surface area contributed by atoms with Crippen LogP contribution in [0.2, 0.25) is 0 Å². The van der Waals surface area contributed by atoms with Crippen molar-refractivity contribution in [3.63, 3.8) is 0 Å². The van der Waals surface area contributed by atoms with Crippen molar-refractivity contribution in [1.82, 2.24) is 0 Å². The molecule has 4 nitrogen and oxygen atoms in total. The summed E-state index contributed by atoms with van der Waals surface area (Å²) < 4.78 is 28.5. The van der Waals surface area contributed by atoms with Crippen LogP contribution in [-0.4, -0.2) is 25.1 Å². The van der Waals surface area contributed by atoms with E-state index in [0.29, 0.717) is 5.69 Å². The summed E-state index contributed by atoms with van der Waals surface area (Å²) >= 11 is 0. The molecule has 0 radical (unpaired) electrons. The van der Waals surface area contributed by atoms with Gasteiger partial charge in [0.2, 0.25) is 5.91 Å². The Kier molecular flexibility index (Phi) is 4.64. The summed E-state index contributed by atoms with van der Waals surface area (Å²) in [6.07, 6.45) is 0.920. The van der Waals surface area contributed by atoms with Crippen LogP contribution >= 0.6 is 0 Å². The van der Waals surface area contributed by atoms with Gasteiger partial charge in [-0.05, 0) is 49.2 Å². The van der Waals surface area contributed by atoms with Crippen molar-refractivity contribution in [3.05, 3.63) is 54.1 Å². The lowest BCUT2D eigenvalue weighted by Gasteiger charge is -2.24. The van der Waals surface area contributed by atoms with Crippen molar-refractivity contribution < 1.29 is 18.3 Å². The number of para-hydroxylation sites is 1. The molecule has 2 aromatic rings. The standard InChI is InChI=1S/C18H18F2N2O2/c1-12-10-13-4-2-3-5-16(13)22(12)11-17(23)21-14-6-8-15(9-7-14)24-18(19)20/h2-9,12,18H,10-11H2,1H3,(H,21,23)/t12-/m1/s1. The topological polar surface area (TPSA) is 41.6 Å². The molecule has 0 bridgehead atoms. The Morgan fingerprint density at radius 1 is 1.25 bits per heavy atom. The van der Waals surface area contributed by atoms with E-state index in [1.165, 1.54) is 29.8 Å². The van der Waals surface area contributed by atoms with Crippen molar-refractivity contribution in [2.24, 2.45) is 0 Å². The fraction of sp³-hybridized carbons (Fsp3) is 0.278. The summed E-state index contributed by atoms with van der Waals surface area (Å²) in [5.74, 6) is -0.0915. The molecule has 1 atom stereocenters. The first-order chi connectivity index (χ1) is 11.5. The minimum absolute atomic E-state index is 0.0603. The number of amides is 1. The highest BCUT2D eigenvalue weighted by Gasteiger charge is 2.26. The lowest BCUT2D eigenvalue weighted by molar-refractivity contribution is -0.115. The second kappa shape index (κ2) is 6.86. The highest BCUT2D eigenvalue weighted by atomic mass is 19.3. The molecule has 0 aliphatic carbocycles. The maximum atomic E-state index is 12.3. The Balaban J connectivity index is 1.62. The molecule has 3 rings (SSSR count). The third kappa shape index (κ3) is 3.64. The van der Waals surface area contributed by atoms with Crippen LogP contribution in [0.4, 0.5) is 20.2 Å². The second-order valence-electron chi connectivity index (χ2n) is 5.76. The Hall–Kier alpha value is -2.63. The third-order valence-electron chi connectivity index (χ3n) is 4.03. The molecule has 126 valence electrons. The molecule has 24 heavy (non-hydrogen) atoms. The number of carbonyl (C=O) groups excluding carboxylic acids is 1. The monoisotopic (exact) mass is 332 g/mol. The maximum absolute atomic E-state index is 12.3. The minimum Gasteiger partial charge on any atom is -0.435 e. The van der Waals surface area contributed by atoms with E-state index in [1.807, 2.05) is 18.2 Å². The molecule has 2 aromatic carbocycles. The van der Waals surface area contributed by atoms with Crippen molar-refractivity contribution in [2.75, 3.05) is 16.8 Å². The number of hydrogen-bond acceptors (Lipinski definition) is 3. The lowest BCUT2D eigenvalue weighted by atomic mass is 10.1. The fourth-order valence-electron chi connectivity index (χ4n) is 2.95. The largest absolute Gasteiger partial charge is 0.435 e. The molecule has 1 aliphatic rings. The molecule has 1 amide bonds. The number of nitrogens with zero attached hydrogens (tertiary/aromatic N) is 1. The zero-order valence-electron chi connectivity index (χ0n) is 13.2. The SMILES string of the molecule is C[C@@H]1Cc2ccccc2N1CC(=O)Nc1ccc(OC(F)F)cc1. The number of carbonyl (C=O) groups is 1. The van der Waals surface area contributed by atoms with Crippen LogP contribution in [0, 0.1) is 0 Å². The van der Waals surface area contributed by atoms with Gasteiger partial charge in [0, 0.05) is 17.4 Å². The first-order valence-electron chi connectivity index (χ1n) is 7.72. The van der Waals surface area contributed by atoms with E-state index < -0.39 is 6.61 Å². The normalized spacial score (nSPS) is 16.2. The maximum Gasteiger partial charge on any atom is 0.387 e. The van der Waals surface area contributed by atoms with Gasteiger partial charge in [-0.15, -0.1) is 0 Å². The number of ether oxygens (including phenoxy) is 1. The summed E-state index contributed by atoms with van der Waals surface area (Å²) in [5, 5.41) is 2.78. The van der Waals surface area contributed by atoms with Crippen molar-refractivity contribution in [1.29, 1.82) is 0 Å². The third-order valence-corrected chi connectivity index (χ3v) is 4.03. The zero-order chi connectivity index (χ0) is 17.1. The van der Waals surface area contributed by atoms with E-state index in [9.17, 15) is 13.6 Å². The Morgan fingerprint density at radius 2 is 1.96 bits per heavy atom.